The molecule has 156 valence electrons. The van der Waals surface area contributed by atoms with Gasteiger partial charge in [-0.2, -0.15) is 0 Å². The molecule has 0 saturated carbocycles. The highest BCUT2D eigenvalue weighted by Gasteiger charge is 2.60. The molecule has 3 aromatic carbocycles. The van der Waals surface area contributed by atoms with Crippen LogP contribution >= 0.6 is 11.8 Å². The standard InChI is InChI=1S/C24H19FN2O3S/c1-30-19-9-4-6-16(12-19)14-26-21-11-3-2-10-20(21)24(23(26)29)27(22(28)15-31-24)18-8-5-7-17(25)13-18/h2-13H,14-15H2,1H3/t24-/m0/s1. The summed E-state index contributed by atoms with van der Waals surface area (Å²) in [7, 11) is 1.60. The summed E-state index contributed by atoms with van der Waals surface area (Å²) in [6.07, 6.45) is 0. The maximum atomic E-state index is 14.0. The maximum Gasteiger partial charge on any atom is 0.269 e. The first-order valence-electron chi connectivity index (χ1n) is 9.81. The summed E-state index contributed by atoms with van der Waals surface area (Å²) in [4.78, 5) is 28.8. The molecule has 2 aliphatic heterocycles. The van der Waals surface area contributed by atoms with Crippen molar-refractivity contribution in [1.29, 1.82) is 0 Å². The van der Waals surface area contributed by atoms with Gasteiger partial charge in [0, 0.05) is 11.3 Å². The first kappa shape index (κ1) is 19.6. The van der Waals surface area contributed by atoms with Crippen molar-refractivity contribution in [1.82, 2.24) is 0 Å². The van der Waals surface area contributed by atoms with Crippen LogP contribution in [0, 0.1) is 5.82 Å². The molecule has 0 aliphatic carbocycles. The van der Waals surface area contributed by atoms with Gasteiger partial charge in [0.2, 0.25) is 10.8 Å². The highest BCUT2D eigenvalue weighted by molar-refractivity contribution is 8.02. The highest BCUT2D eigenvalue weighted by Crippen LogP contribution is 2.55. The number of hydrogen-bond acceptors (Lipinski definition) is 4. The third kappa shape index (κ3) is 2.99. The van der Waals surface area contributed by atoms with Gasteiger partial charge in [0.15, 0.2) is 0 Å². The van der Waals surface area contributed by atoms with Crippen LogP contribution in [0.4, 0.5) is 15.8 Å². The number of anilines is 2. The number of methoxy groups -OCH3 is 1. The van der Waals surface area contributed by atoms with E-state index in [2.05, 4.69) is 0 Å². The zero-order chi connectivity index (χ0) is 21.6. The molecule has 0 radical (unpaired) electrons. The summed E-state index contributed by atoms with van der Waals surface area (Å²) in [6.45, 7) is 0.334. The predicted molar refractivity (Wildman–Crippen MR) is 119 cm³/mol. The van der Waals surface area contributed by atoms with Gasteiger partial charge < -0.3 is 9.64 Å². The third-order valence-electron chi connectivity index (χ3n) is 5.61. The van der Waals surface area contributed by atoms with E-state index in [0.717, 1.165) is 16.8 Å². The van der Waals surface area contributed by atoms with E-state index in [-0.39, 0.29) is 17.6 Å². The molecule has 3 aromatic rings. The van der Waals surface area contributed by atoms with Crippen molar-refractivity contribution in [2.75, 3.05) is 22.7 Å². The Kier molecular flexibility index (Phi) is 4.70. The summed E-state index contributed by atoms with van der Waals surface area (Å²) in [6, 6.07) is 20.9. The Hall–Kier alpha value is -3.32. The Balaban J connectivity index is 1.63. The fourth-order valence-electron chi connectivity index (χ4n) is 4.28. The topological polar surface area (TPSA) is 49.9 Å². The number of para-hydroxylation sites is 1. The number of carbonyl (C=O) groups is 2. The monoisotopic (exact) mass is 434 g/mol. The molecule has 0 bridgehead atoms. The Labute approximate surface area is 183 Å². The number of ether oxygens (including phenoxy) is 1. The number of fused-ring (bicyclic) bond motifs is 2. The summed E-state index contributed by atoms with van der Waals surface area (Å²) in [5.41, 5.74) is 2.77. The summed E-state index contributed by atoms with van der Waals surface area (Å²) in [5.74, 6) is -0.0364. The van der Waals surface area contributed by atoms with Gasteiger partial charge >= 0.3 is 0 Å². The van der Waals surface area contributed by atoms with Crippen LogP contribution in [0.5, 0.6) is 5.75 Å². The Bertz CT molecular complexity index is 1200. The van der Waals surface area contributed by atoms with Crippen molar-refractivity contribution < 1.29 is 18.7 Å². The van der Waals surface area contributed by atoms with Gasteiger partial charge in [-0.1, -0.05) is 36.4 Å². The lowest BCUT2D eigenvalue weighted by Crippen LogP contribution is -2.49. The van der Waals surface area contributed by atoms with E-state index < -0.39 is 10.7 Å². The Morgan fingerprint density at radius 3 is 2.65 bits per heavy atom. The van der Waals surface area contributed by atoms with E-state index in [1.54, 1.807) is 24.1 Å². The molecule has 2 amide bonds. The molecule has 1 saturated heterocycles. The molecular weight excluding hydrogens is 415 g/mol. The summed E-state index contributed by atoms with van der Waals surface area (Å²) in [5, 5.41) is 0. The van der Waals surface area contributed by atoms with Gasteiger partial charge in [0.1, 0.15) is 11.6 Å². The van der Waals surface area contributed by atoms with E-state index in [1.807, 2.05) is 48.5 Å². The lowest BCUT2D eigenvalue weighted by Gasteiger charge is -2.33. The number of nitrogens with zero attached hydrogens (tertiary/aromatic N) is 2. The minimum Gasteiger partial charge on any atom is -0.497 e. The van der Waals surface area contributed by atoms with Gasteiger partial charge in [-0.15, -0.1) is 11.8 Å². The molecule has 5 rings (SSSR count). The van der Waals surface area contributed by atoms with E-state index in [1.165, 1.54) is 28.8 Å². The third-order valence-corrected chi connectivity index (χ3v) is 6.99. The second kappa shape index (κ2) is 7.42. The van der Waals surface area contributed by atoms with Crippen LogP contribution in [0.1, 0.15) is 11.1 Å². The zero-order valence-electron chi connectivity index (χ0n) is 16.7. The minimum absolute atomic E-state index is 0.142. The molecule has 1 spiro atoms. The van der Waals surface area contributed by atoms with Crippen molar-refractivity contribution in [3.05, 3.63) is 89.7 Å². The molecular formula is C24H19FN2O3S. The van der Waals surface area contributed by atoms with E-state index in [9.17, 15) is 14.0 Å². The number of carbonyl (C=O) groups excluding carboxylic acids is 2. The number of thioether (sulfide) groups is 1. The Morgan fingerprint density at radius 2 is 1.84 bits per heavy atom. The average Bonchev–Trinajstić information content (AvgIpc) is 3.25. The number of halogens is 1. The van der Waals surface area contributed by atoms with Crippen LogP contribution in [-0.2, 0) is 21.0 Å². The van der Waals surface area contributed by atoms with Crippen LogP contribution < -0.4 is 14.5 Å². The second-order valence-electron chi connectivity index (χ2n) is 7.40. The van der Waals surface area contributed by atoms with Gasteiger partial charge in [0.05, 0.1) is 25.1 Å². The maximum absolute atomic E-state index is 14.0. The molecule has 5 nitrogen and oxygen atoms in total. The fourth-order valence-corrected chi connectivity index (χ4v) is 5.64. The van der Waals surface area contributed by atoms with Crippen LogP contribution in [-0.4, -0.2) is 24.7 Å². The fraction of sp³-hybridized carbons (Fsp3) is 0.167. The van der Waals surface area contributed by atoms with Crippen molar-refractivity contribution in [3.63, 3.8) is 0 Å². The molecule has 0 unspecified atom stereocenters. The van der Waals surface area contributed by atoms with Crippen LogP contribution in [0.3, 0.4) is 0 Å². The molecule has 2 heterocycles. The number of benzene rings is 3. The van der Waals surface area contributed by atoms with Gasteiger partial charge in [-0.3, -0.25) is 14.5 Å². The zero-order valence-corrected chi connectivity index (χ0v) is 17.6. The molecule has 31 heavy (non-hydrogen) atoms. The van der Waals surface area contributed by atoms with E-state index >= 15 is 0 Å². The summed E-state index contributed by atoms with van der Waals surface area (Å²) >= 11 is 1.28. The molecule has 2 aliphatic rings. The minimum atomic E-state index is -1.25. The lowest BCUT2D eigenvalue weighted by atomic mass is 10.0. The molecule has 0 aromatic heterocycles. The van der Waals surface area contributed by atoms with Crippen molar-refractivity contribution >= 4 is 35.0 Å². The normalized spacial score (nSPS) is 19.9. The summed E-state index contributed by atoms with van der Waals surface area (Å²) < 4.78 is 19.3. The largest absolute Gasteiger partial charge is 0.497 e. The van der Waals surface area contributed by atoms with Crippen molar-refractivity contribution in [2.45, 2.75) is 11.4 Å². The first-order chi connectivity index (χ1) is 15.0. The molecule has 1 atom stereocenters. The van der Waals surface area contributed by atoms with Crippen LogP contribution in [0.15, 0.2) is 72.8 Å². The van der Waals surface area contributed by atoms with Gasteiger partial charge in [-0.25, -0.2) is 4.39 Å². The van der Waals surface area contributed by atoms with Crippen LogP contribution in [0.2, 0.25) is 0 Å². The predicted octanol–water partition coefficient (Wildman–Crippen LogP) is 4.31. The lowest BCUT2D eigenvalue weighted by molar-refractivity contribution is -0.123. The average molecular weight is 434 g/mol. The van der Waals surface area contributed by atoms with Crippen LogP contribution in [0.25, 0.3) is 0 Å². The second-order valence-corrected chi connectivity index (χ2v) is 8.57. The first-order valence-corrected chi connectivity index (χ1v) is 10.8. The SMILES string of the molecule is COc1cccc(CN2C(=O)[C@@]3(SCC(=O)N3c3cccc(F)c3)c3ccccc32)c1. The molecule has 7 heteroatoms. The van der Waals surface area contributed by atoms with E-state index in [4.69, 9.17) is 4.74 Å². The van der Waals surface area contributed by atoms with Crippen molar-refractivity contribution in [3.8, 4) is 5.75 Å². The van der Waals surface area contributed by atoms with E-state index in [0.29, 0.717) is 18.0 Å². The number of rotatable bonds is 4. The van der Waals surface area contributed by atoms with Crippen molar-refractivity contribution in [2.24, 2.45) is 0 Å². The smallest absolute Gasteiger partial charge is 0.269 e. The Morgan fingerprint density at radius 1 is 1.03 bits per heavy atom. The number of amides is 2. The van der Waals surface area contributed by atoms with Gasteiger partial charge in [0.25, 0.3) is 5.91 Å². The number of hydrogen-bond donors (Lipinski definition) is 0. The quantitative estimate of drug-likeness (QED) is 0.614. The van der Waals surface area contributed by atoms with Gasteiger partial charge in [-0.05, 0) is 42.0 Å². The highest BCUT2D eigenvalue weighted by atomic mass is 32.2. The molecule has 1 fully saturated rings. The molecule has 0 N–H and O–H groups in total.